The Morgan fingerprint density at radius 3 is 2.79 bits per heavy atom. The fraction of sp³-hybridized carbons (Fsp3) is 0.700. The van der Waals surface area contributed by atoms with Crippen LogP contribution in [0.5, 0.6) is 0 Å². The van der Waals surface area contributed by atoms with Crippen LogP contribution in [0, 0.1) is 0 Å². The van der Waals surface area contributed by atoms with Crippen LogP contribution in [0.15, 0.2) is 12.7 Å². The molecule has 4 heteroatoms. The van der Waals surface area contributed by atoms with Gasteiger partial charge in [0, 0.05) is 13.1 Å². The lowest BCUT2D eigenvalue weighted by atomic mass is 10.3. The molecule has 1 N–H and O–H groups in total. The van der Waals surface area contributed by atoms with Gasteiger partial charge in [-0.15, -0.1) is 6.58 Å². The highest BCUT2D eigenvalue weighted by molar-refractivity contribution is 5.71. The Labute approximate surface area is 85.2 Å². The third-order valence-electron chi connectivity index (χ3n) is 1.57. The first-order valence-corrected chi connectivity index (χ1v) is 4.77. The molecule has 0 aliphatic rings. The second kappa shape index (κ2) is 7.53. The van der Waals surface area contributed by atoms with E-state index in [4.69, 9.17) is 9.84 Å². The number of rotatable bonds is 7. The van der Waals surface area contributed by atoms with Crippen LogP contribution in [-0.2, 0) is 9.53 Å². The van der Waals surface area contributed by atoms with Crippen molar-refractivity contribution in [3.05, 3.63) is 12.7 Å². The Hall–Kier alpha value is -0.870. The monoisotopic (exact) mass is 201 g/mol. The Kier molecular flexibility index (Phi) is 7.06. The standard InChI is InChI=1S/C10H19NO3/c1-4-6-11(7-9(3)12)8-10(13)14-5-2/h4,9,12H,1,5-8H2,2-3H3. The second-order valence-electron chi connectivity index (χ2n) is 3.14. The number of ether oxygens (including phenoxy) is 1. The number of nitrogens with zero attached hydrogens (tertiary/aromatic N) is 1. The van der Waals surface area contributed by atoms with Crippen molar-refractivity contribution in [1.29, 1.82) is 0 Å². The van der Waals surface area contributed by atoms with E-state index in [-0.39, 0.29) is 12.5 Å². The molecule has 0 bridgehead atoms. The average Bonchev–Trinajstić information content (AvgIpc) is 2.03. The lowest BCUT2D eigenvalue weighted by Crippen LogP contribution is -2.36. The Morgan fingerprint density at radius 1 is 1.71 bits per heavy atom. The molecule has 82 valence electrons. The van der Waals surface area contributed by atoms with E-state index in [0.29, 0.717) is 19.7 Å². The number of esters is 1. The smallest absolute Gasteiger partial charge is 0.320 e. The van der Waals surface area contributed by atoms with Crippen LogP contribution in [-0.4, -0.2) is 48.3 Å². The zero-order valence-corrected chi connectivity index (χ0v) is 8.90. The van der Waals surface area contributed by atoms with Gasteiger partial charge in [-0.1, -0.05) is 6.08 Å². The molecule has 0 saturated carbocycles. The van der Waals surface area contributed by atoms with E-state index in [1.54, 1.807) is 24.8 Å². The lowest BCUT2D eigenvalue weighted by Gasteiger charge is -2.20. The number of hydrogen-bond acceptors (Lipinski definition) is 4. The van der Waals surface area contributed by atoms with E-state index in [1.807, 2.05) is 0 Å². The van der Waals surface area contributed by atoms with E-state index < -0.39 is 6.10 Å². The summed E-state index contributed by atoms with van der Waals surface area (Å²) in [4.78, 5) is 12.9. The lowest BCUT2D eigenvalue weighted by molar-refractivity contribution is -0.144. The molecule has 0 heterocycles. The molecule has 0 saturated heterocycles. The van der Waals surface area contributed by atoms with Gasteiger partial charge >= 0.3 is 5.97 Å². The SMILES string of the molecule is C=CCN(CC(=O)OCC)CC(C)O. The highest BCUT2D eigenvalue weighted by atomic mass is 16.5. The van der Waals surface area contributed by atoms with Crippen LogP contribution in [0.3, 0.4) is 0 Å². The summed E-state index contributed by atoms with van der Waals surface area (Å²) in [5.74, 6) is -0.269. The summed E-state index contributed by atoms with van der Waals surface area (Å²) in [7, 11) is 0. The van der Waals surface area contributed by atoms with E-state index in [0.717, 1.165) is 0 Å². The van der Waals surface area contributed by atoms with Crippen molar-refractivity contribution in [2.24, 2.45) is 0 Å². The van der Waals surface area contributed by atoms with Crippen molar-refractivity contribution in [3.8, 4) is 0 Å². The van der Waals surface area contributed by atoms with Crippen molar-refractivity contribution in [3.63, 3.8) is 0 Å². The highest BCUT2D eigenvalue weighted by Crippen LogP contribution is 1.94. The van der Waals surface area contributed by atoms with Gasteiger partial charge in [-0.05, 0) is 13.8 Å². The summed E-state index contributed by atoms with van der Waals surface area (Å²) < 4.78 is 4.80. The fourth-order valence-electron chi connectivity index (χ4n) is 1.15. The summed E-state index contributed by atoms with van der Waals surface area (Å²) in [6, 6.07) is 0. The summed E-state index contributed by atoms with van der Waals surface area (Å²) in [6.45, 7) is 8.64. The Bertz CT molecular complexity index is 180. The van der Waals surface area contributed by atoms with Gasteiger partial charge in [-0.25, -0.2) is 0 Å². The largest absolute Gasteiger partial charge is 0.465 e. The topological polar surface area (TPSA) is 49.8 Å². The van der Waals surface area contributed by atoms with Crippen molar-refractivity contribution in [2.45, 2.75) is 20.0 Å². The Balaban J connectivity index is 3.94. The molecule has 14 heavy (non-hydrogen) atoms. The van der Waals surface area contributed by atoms with Gasteiger partial charge < -0.3 is 9.84 Å². The molecule has 1 atom stereocenters. The minimum Gasteiger partial charge on any atom is -0.465 e. The predicted molar refractivity (Wildman–Crippen MR) is 55.0 cm³/mol. The molecule has 0 rings (SSSR count). The second-order valence-corrected chi connectivity index (χ2v) is 3.14. The van der Waals surface area contributed by atoms with Gasteiger partial charge in [-0.2, -0.15) is 0 Å². The third kappa shape index (κ3) is 6.62. The molecule has 0 aromatic heterocycles. The Morgan fingerprint density at radius 2 is 2.36 bits per heavy atom. The van der Waals surface area contributed by atoms with Crippen LogP contribution in [0.1, 0.15) is 13.8 Å². The van der Waals surface area contributed by atoms with Gasteiger partial charge in [-0.3, -0.25) is 9.69 Å². The minimum absolute atomic E-state index is 0.199. The number of aliphatic hydroxyl groups is 1. The molecular formula is C10H19NO3. The summed E-state index contributed by atoms with van der Waals surface area (Å²) in [6.07, 6.45) is 1.24. The maximum absolute atomic E-state index is 11.1. The van der Waals surface area contributed by atoms with Crippen LogP contribution < -0.4 is 0 Å². The van der Waals surface area contributed by atoms with Crippen LogP contribution in [0.2, 0.25) is 0 Å². The minimum atomic E-state index is -0.454. The molecule has 0 fully saturated rings. The maximum atomic E-state index is 11.1. The molecular weight excluding hydrogens is 182 g/mol. The van der Waals surface area contributed by atoms with Gasteiger partial charge in [0.15, 0.2) is 0 Å². The molecule has 4 nitrogen and oxygen atoms in total. The van der Waals surface area contributed by atoms with Gasteiger partial charge in [0.2, 0.25) is 0 Å². The zero-order chi connectivity index (χ0) is 11.0. The van der Waals surface area contributed by atoms with Crippen molar-refractivity contribution in [1.82, 2.24) is 4.90 Å². The predicted octanol–water partition coefficient (Wildman–Crippen LogP) is 0.418. The summed E-state index contributed by atoms with van der Waals surface area (Å²) in [5.41, 5.74) is 0. The molecule has 0 aliphatic carbocycles. The maximum Gasteiger partial charge on any atom is 0.320 e. The highest BCUT2D eigenvalue weighted by Gasteiger charge is 2.11. The van der Waals surface area contributed by atoms with Gasteiger partial charge in [0.25, 0.3) is 0 Å². The molecule has 1 unspecified atom stereocenters. The van der Waals surface area contributed by atoms with E-state index in [9.17, 15) is 4.79 Å². The molecule has 0 radical (unpaired) electrons. The van der Waals surface area contributed by atoms with Crippen molar-refractivity contribution >= 4 is 5.97 Å². The average molecular weight is 201 g/mol. The van der Waals surface area contributed by atoms with Crippen LogP contribution in [0.4, 0.5) is 0 Å². The zero-order valence-electron chi connectivity index (χ0n) is 8.90. The molecule has 0 spiro atoms. The number of carbonyl (C=O) groups excluding carboxylic acids is 1. The van der Waals surface area contributed by atoms with Crippen LogP contribution in [0.25, 0.3) is 0 Å². The van der Waals surface area contributed by atoms with E-state index in [1.165, 1.54) is 0 Å². The van der Waals surface area contributed by atoms with Gasteiger partial charge in [0.1, 0.15) is 0 Å². The first-order chi connectivity index (χ1) is 6.60. The number of hydrogen-bond donors (Lipinski definition) is 1. The molecule has 0 aromatic carbocycles. The first kappa shape index (κ1) is 13.1. The quantitative estimate of drug-likeness (QED) is 0.479. The summed E-state index contributed by atoms with van der Waals surface area (Å²) in [5, 5.41) is 9.16. The van der Waals surface area contributed by atoms with E-state index >= 15 is 0 Å². The number of carbonyl (C=O) groups is 1. The van der Waals surface area contributed by atoms with Crippen LogP contribution >= 0.6 is 0 Å². The normalized spacial score (nSPS) is 12.6. The molecule has 0 aliphatic heterocycles. The molecule has 0 aromatic rings. The number of aliphatic hydroxyl groups excluding tert-OH is 1. The van der Waals surface area contributed by atoms with Crippen molar-refractivity contribution < 1.29 is 14.6 Å². The van der Waals surface area contributed by atoms with Gasteiger partial charge in [0.05, 0.1) is 19.3 Å². The fourth-order valence-corrected chi connectivity index (χ4v) is 1.15. The molecule has 0 amide bonds. The first-order valence-electron chi connectivity index (χ1n) is 4.77. The summed E-state index contributed by atoms with van der Waals surface area (Å²) >= 11 is 0. The van der Waals surface area contributed by atoms with Crippen molar-refractivity contribution in [2.75, 3.05) is 26.2 Å². The van der Waals surface area contributed by atoms with E-state index in [2.05, 4.69) is 6.58 Å². The third-order valence-corrected chi connectivity index (χ3v) is 1.57.